The summed E-state index contributed by atoms with van der Waals surface area (Å²) in [5.74, 6) is 0.491. The fraction of sp³-hybridized carbons (Fsp3) is 0.278. The summed E-state index contributed by atoms with van der Waals surface area (Å²) in [4.78, 5) is 12.4. The molecule has 0 aromatic heterocycles. The van der Waals surface area contributed by atoms with Crippen LogP contribution in [0, 0.1) is 6.92 Å². The molecule has 1 amide bonds. The van der Waals surface area contributed by atoms with Gasteiger partial charge >= 0.3 is 0 Å². The van der Waals surface area contributed by atoms with Crippen molar-refractivity contribution in [3.8, 4) is 5.75 Å². The monoisotopic (exact) mass is 362 g/mol. The van der Waals surface area contributed by atoms with Crippen LogP contribution in [0.5, 0.6) is 5.75 Å². The first-order valence-electron chi connectivity index (χ1n) is 7.82. The highest BCUT2D eigenvalue weighted by Gasteiger charge is 2.16. The third-order valence-corrected chi connectivity index (χ3v) is 5.30. The molecule has 25 heavy (non-hydrogen) atoms. The van der Waals surface area contributed by atoms with E-state index in [2.05, 4.69) is 10.0 Å². The first kappa shape index (κ1) is 19.0. The van der Waals surface area contributed by atoms with Gasteiger partial charge in [0, 0.05) is 12.1 Å². The molecular formula is C18H22N2O4S. The Bertz CT molecular complexity index is 846. The molecule has 0 saturated carbocycles. The Labute approximate surface area is 148 Å². The van der Waals surface area contributed by atoms with Crippen molar-refractivity contribution >= 4 is 15.9 Å². The molecule has 6 nitrogen and oxygen atoms in total. The molecule has 0 atom stereocenters. The second-order valence-corrected chi connectivity index (χ2v) is 7.42. The average molecular weight is 362 g/mol. The maximum Gasteiger partial charge on any atom is 0.251 e. The van der Waals surface area contributed by atoms with Crippen molar-refractivity contribution in [3.05, 3.63) is 59.2 Å². The molecule has 0 radical (unpaired) electrons. The Balaban J connectivity index is 2.03. The van der Waals surface area contributed by atoms with E-state index < -0.39 is 10.0 Å². The number of nitrogens with one attached hydrogen (secondary N) is 2. The summed E-state index contributed by atoms with van der Waals surface area (Å²) >= 11 is 0. The van der Waals surface area contributed by atoms with Crippen molar-refractivity contribution in [2.45, 2.75) is 18.2 Å². The van der Waals surface area contributed by atoms with Crippen molar-refractivity contribution in [3.63, 3.8) is 0 Å². The van der Waals surface area contributed by atoms with E-state index in [9.17, 15) is 13.2 Å². The average Bonchev–Trinajstić information content (AvgIpc) is 2.62. The van der Waals surface area contributed by atoms with Gasteiger partial charge in [0.1, 0.15) is 5.75 Å². The zero-order valence-electron chi connectivity index (χ0n) is 14.5. The molecule has 2 rings (SSSR count). The van der Waals surface area contributed by atoms with Crippen LogP contribution in [0.3, 0.4) is 0 Å². The Morgan fingerprint density at radius 3 is 2.40 bits per heavy atom. The van der Waals surface area contributed by atoms with Crippen LogP contribution in [-0.4, -0.2) is 35.0 Å². The minimum atomic E-state index is -3.58. The highest BCUT2D eigenvalue weighted by Crippen LogP contribution is 2.16. The summed E-state index contributed by atoms with van der Waals surface area (Å²) in [5, 5.41) is 2.83. The summed E-state index contributed by atoms with van der Waals surface area (Å²) in [7, 11) is -0.635. The molecule has 2 aromatic carbocycles. The number of aryl methyl sites for hydroxylation is 1. The summed E-state index contributed by atoms with van der Waals surface area (Å²) in [6, 6.07) is 12.1. The molecule has 0 fully saturated rings. The summed E-state index contributed by atoms with van der Waals surface area (Å²) < 4.78 is 31.1. The number of methoxy groups -OCH3 is 1. The molecule has 7 heteroatoms. The first-order valence-corrected chi connectivity index (χ1v) is 9.31. The number of hydrogen-bond acceptors (Lipinski definition) is 4. The quantitative estimate of drug-likeness (QED) is 0.788. The number of ether oxygens (including phenoxy) is 1. The van der Waals surface area contributed by atoms with Crippen LogP contribution in [0.2, 0.25) is 0 Å². The van der Waals surface area contributed by atoms with Gasteiger partial charge in [-0.3, -0.25) is 4.79 Å². The lowest BCUT2D eigenvalue weighted by Gasteiger charge is -2.10. The SMILES string of the molecule is CNS(=O)(=O)c1ccc(C)c(C(=O)NCCc2ccc(OC)cc2)c1. The fourth-order valence-electron chi connectivity index (χ4n) is 2.34. The van der Waals surface area contributed by atoms with E-state index in [0.29, 0.717) is 18.5 Å². The van der Waals surface area contributed by atoms with Gasteiger partial charge in [-0.25, -0.2) is 13.1 Å². The van der Waals surface area contributed by atoms with E-state index in [1.54, 1.807) is 20.1 Å². The van der Waals surface area contributed by atoms with Gasteiger partial charge in [-0.05, 0) is 55.8 Å². The third kappa shape index (κ3) is 4.80. The lowest BCUT2D eigenvalue weighted by molar-refractivity contribution is 0.0953. The van der Waals surface area contributed by atoms with Crippen molar-refractivity contribution < 1.29 is 17.9 Å². The van der Waals surface area contributed by atoms with Crippen molar-refractivity contribution in [1.29, 1.82) is 0 Å². The fourth-order valence-corrected chi connectivity index (χ4v) is 3.09. The Morgan fingerprint density at radius 1 is 1.12 bits per heavy atom. The van der Waals surface area contributed by atoms with Crippen LogP contribution in [0.4, 0.5) is 0 Å². The van der Waals surface area contributed by atoms with Crippen molar-refractivity contribution in [2.75, 3.05) is 20.7 Å². The molecule has 0 aliphatic heterocycles. The first-order chi connectivity index (χ1) is 11.9. The van der Waals surface area contributed by atoms with Crippen molar-refractivity contribution in [1.82, 2.24) is 10.0 Å². The summed E-state index contributed by atoms with van der Waals surface area (Å²) in [6.07, 6.45) is 0.670. The summed E-state index contributed by atoms with van der Waals surface area (Å²) in [6.45, 7) is 2.22. The number of amides is 1. The molecule has 0 heterocycles. The minimum Gasteiger partial charge on any atom is -0.497 e. The summed E-state index contributed by atoms with van der Waals surface area (Å²) in [5.41, 5.74) is 2.15. The van der Waals surface area contributed by atoms with Crippen molar-refractivity contribution in [2.24, 2.45) is 0 Å². The number of sulfonamides is 1. The minimum absolute atomic E-state index is 0.0703. The maximum atomic E-state index is 12.4. The van der Waals surface area contributed by atoms with Gasteiger partial charge in [-0.15, -0.1) is 0 Å². The van der Waals surface area contributed by atoms with Gasteiger partial charge in [-0.1, -0.05) is 18.2 Å². The predicted octanol–water partition coefficient (Wildman–Crippen LogP) is 1.88. The van der Waals surface area contributed by atoms with E-state index in [-0.39, 0.29) is 10.8 Å². The smallest absolute Gasteiger partial charge is 0.251 e. The zero-order chi connectivity index (χ0) is 18.4. The Morgan fingerprint density at radius 2 is 1.80 bits per heavy atom. The topological polar surface area (TPSA) is 84.5 Å². The van der Waals surface area contributed by atoms with Crippen LogP contribution in [0.15, 0.2) is 47.4 Å². The molecule has 2 aromatic rings. The lowest BCUT2D eigenvalue weighted by atomic mass is 10.1. The van der Waals surface area contributed by atoms with Gasteiger partial charge in [-0.2, -0.15) is 0 Å². The van der Waals surface area contributed by atoms with Crippen LogP contribution >= 0.6 is 0 Å². The molecule has 134 valence electrons. The van der Waals surface area contributed by atoms with Gasteiger partial charge in [0.05, 0.1) is 12.0 Å². The molecule has 2 N–H and O–H groups in total. The molecule has 0 aliphatic rings. The zero-order valence-corrected chi connectivity index (χ0v) is 15.3. The molecular weight excluding hydrogens is 340 g/mol. The highest BCUT2D eigenvalue weighted by molar-refractivity contribution is 7.89. The lowest BCUT2D eigenvalue weighted by Crippen LogP contribution is -2.27. The molecule has 0 spiro atoms. The third-order valence-electron chi connectivity index (χ3n) is 3.89. The van der Waals surface area contributed by atoms with Gasteiger partial charge in [0.25, 0.3) is 5.91 Å². The highest BCUT2D eigenvalue weighted by atomic mass is 32.2. The van der Waals surface area contributed by atoms with Gasteiger partial charge in [0.15, 0.2) is 0 Å². The second-order valence-electron chi connectivity index (χ2n) is 5.54. The van der Waals surface area contributed by atoms with Crippen LogP contribution in [0.25, 0.3) is 0 Å². The van der Waals surface area contributed by atoms with Crippen LogP contribution < -0.4 is 14.8 Å². The van der Waals surface area contributed by atoms with E-state index in [4.69, 9.17) is 4.74 Å². The number of carbonyl (C=O) groups is 1. The number of hydrogen-bond donors (Lipinski definition) is 2. The number of benzene rings is 2. The second kappa shape index (κ2) is 8.13. The van der Waals surface area contributed by atoms with E-state index in [1.807, 2.05) is 24.3 Å². The Hall–Kier alpha value is -2.38. The van der Waals surface area contributed by atoms with Crippen LogP contribution in [0.1, 0.15) is 21.5 Å². The standard InChI is InChI=1S/C18H22N2O4S/c1-13-4-9-16(25(22,23)19-2)12-17(13)18(21)20-11-10-14-5-7-15(24-3)8-6-14/h4-9,12,19H,10-11H2,1-3H3,(H,20,21). The molecule has 0 saturated heterocycles. The molecule has 0 bridgehead atoms. The molecule has 0 aliphatic carbocycles. The van der Waals surface area contributed by atoms with Crippen LogP contribution in [-0.2, 0) is 16.4 Å². The largest absolute Gasteiger partial charge is 0.497 e. The molecule has 0 unspecified atom stereocenters. The van der Waals surface area contributed by atoms with E-state index in [0.717, 1.165) is 16.9 Å². The van der Waals surface area contributed by atoms with E-state index >= 15 is 0 Å². The predicted molar refractivity (Wildman–Crippen MR) is 96.5 cm³/mol. The number of rotatable bonds is 7. The van der Waals surface area contributed by atoms with Gasteiger partial charge < -0.3 is 10.1 Å². The number of carbonyl (C=O) groups excluding carboxylic acids is 1. The maximum absolute atomic E-state index is 12.4. The van der Waals surface area contributed by atoms with E-state index in [1.165, 1.54) is 19.2 Å². The normalized spacial score (nSPS) is 11.2. The Kier molecular flexibility index (Phi) is 6.17. The van der Waals surface area contributed by atoms with Gasteiger partial charge in [0.2, 0.25) is 10.0 Å².